The highest BCUT2D eigenvalue weighted by atomic mass is 19.1. The summed E-state index contributed by atoms with van der Waals surface area (Å²) in [7, 11) is 0. The largest absolute Gasteiger partial charge is 0.442 e. The number of hydrogen-bond donors (Lipinski definition) is 3. The van der Waals surface area contributed by atoms with Gasteiger partial charge in [0.1, 0.15) is 6.23 Å². The molecule has 1 aliphatic heterocycles. The SMILES string of the molecule is C#C[C@]1(CO)O[C@@H](n2cnc3c(N)nc(F)nc32)C[C@@H]1OC(=O)NC1CC1. The van der Waals surface area contributed by atoms with Gasteiger partial charge < -0.3 is 25.6 Å². The summed E-state index contributed by atoms with van der Waals surface area (Å²) in [5.74, 6) is 2.26. The molecule has 4 rings (SSSR count). The molecule has 1 saturated heterocycles. The highest BCUT2D eigenvalue weighted by Gasteiger charge is 2.51. The van der Waals surface area contributed by atoms with Crippen LogP contribution in [0.15, 0.2) is 6.33 Å². The number of anilines is 1. The summed E-state index contributed by atoms with van der Waals surface area (Å²) in [5.41, 5.74) is 4.43. The van der Waals surface area contributed by atoms with Crippen LogP contribution in [-0.2, 0) is 9.47 Å². The second-order valence-corrected chi connectivity index (χ2v) is 6.51. The maximum atomic E-state index is 13.6. The van der Waals surface area contributed by atoms with E-state index in [0.29, 0.717) is 0 Å². The van der Waals surface area contributed by atoms with Crippen LogP contribution in [0, 0.1) is 18.4 Å². The van der Waals surface area contributed by atoms with E-state index in [-0.39, 0.29) is 29.4 Å². The number of alkyl carbamates (subject to hydrolysis) is 1. The van der Waals surface area contributed by atoms with Gasteiger partial charge in [0, 0.05) is 12.5 Å². The number of carbonyl (C=O) groups excluding carboxylic acids is 1. The standard InChI is InChI=1S/C16H17FN6O4/c1-2-16(6-24)9(26-15(25)20-8-3-4-8)5-10(27-16)23-7-19-11-12(18)21-14(17)22-13(11)23/h1,7-10,24H,3-6H2,(H,20,25)(H2,18,21,22)/t9-,10+,16+/m0/s1. The Labute approximate surface area is 152 Å². The predicted molar refractivity (Wildman–Crippen MR) is 89.5 cm³/mol. The van der Waals surface area contributed by atoms with Crippen molar-refractivity contribution in [3.63, 3.8) is 0 Å². The molecule has 0 radical (unpaired) electrons. The Hall–Kier alpha value is -2.97. The van der Waals surface area contributed by atoms with Gasteiger partial charge in [-0.05, 0) is 12.8 Å². The van der Waals surface area contributed by atoms with Gasteiger partial charge in [-0.25, -0.2) is 9.78 Å². The first-order chi connectivity index (χ1) is 13.0. The van der Waals surface area contributed by atoms with E-state index in [0.717, 1.165) is 12.8 Å². The third kappa shape index (κ3) is 3.02. The highest BCUT2D eigenvalue weighted by molar-refractivity contribution is 5.81. The van der Waals surface area contributed by atoms with Crippen molar-refractivity contribution in [1.82, 2.24) is 24.8 Å². The Morgan fingerprint density at radius 1 is 1.59 bits per heavy atom. The molecule has 11 heteroatoms. The van der Waals surface area contributed by atoms with E-state index < -0.39 is 36.7 Å². The maximum absolute atomic E-state index is 13.6. The molecule has 1 saturated carbocycles. The molecule has 2 aromatic rings. The molecule has 27 heavy (non-hydrogen) atoms. The van der Waals surface area contributed by atoms with Gasteiger partial charge in [-0.1, -0.05) is 5.92 Å². The number of nitrogens with zero attached hydrogens (tertiary/aromatic N) is 4. The smallest absolute Gasteiger partial charge is 0.407 e. The Bertz CT molecular complexity index is 939. The molecular formula is C16H17FN6O4. The number of nitrogens with two attached hydrogens (primary N) is 1. The fourth-order valence-electron chi connectivity index (χ4n) is 3.04. The van der Waals surface area contributed by atoms with Crippen molar-refractivity contribution >= 4 is 23.1 Å². The van der Waals surface area contributed by atoms with Gasteiger partial charge >= 0.3 is 12.2 Å². The minimum atomic E-state index is -1.54. The number of halogens is 1. The molecule has 0 unspecified atom stereocenters. The van der Waals surface area contributed by atoms with E-state index in [1.54, 1.807) is 0 Å². The van der Waals surface area contributed by atoms with E-state index in [9.17, 15) is 14.3 Å². The average Bonchev–Trinajstić information content (AvgIpc) is 3.21. The molecule has 0 bridgehead atoms. The predicted octanol–water partition coefficient (Wildman–Crippen LogP) is 0.0880. The first-order valence-electron chi connectivity index (χ1n) is 8.35. The first-order valence-corrected chi connectivity index (χ1v) is 8.35. The van der Waals surface area contributed by atoms with Gasteiger partial charge in [0.05, 0.1) is 12.9 Å². The van der Waals surface area contributed by atoms with Crippen LogP contribution in [0.5, 0.6) is 0 Å². The van der Waals surface area contributed by atoms with Crippen LogP contribution < -0.4 is 11.1 Å². The molecule has 10 nitrogen and oxygen atoms in total. The molecular weight excluding hydrogens is 359 g/mol. The zero-order valence-electron chi connectivity index (χ0n) is 14.1. The topological polar surface area (TPSA) is 137 Å². The summed E-state index contributed by atoms with van der Waals surface area (Å²) < 4.78 is 26.2. The van der Waals surface area contributed by atoms with Gasteiger partial charge in [-0.15, -0.1) is 6.42 Å². The summed E-state index contributed by atoms with van der Waals surface area (Å²) in [4.78, 5) is 23.2. The van der Waals surface area contributed by atoms with Crippen molar-refractivity contribution in [2.75, 3.05) is 12.3 Å². The fourth-order valence-corrected chi connectivity index (χ4v) is 3.04. The third-order valence-corrected chi connectivity index (χ3v) is 4.64. The number of nitrogen functional groups attached to an aromatic ring is 1. The molecule has 3 atom stereocenters. The van der Waals surface area contributed by atoms with E-state index in [1.807, 2.05) is 0 Å². The Morgan fingerprint density at radius 2 is 2.37 bits per heavy atom. The van der Waals surface area contributed by atoms with Gasteiger partial charge in [-0.2, -0.15) is 14.4 Å². The monoisotopic (exact) mass is 376 g/mol. The number of hydrogen-bond acceptors (Lipinski definition) is 8. The summed E-state index contributed by atoms with van der Waals surface area (Å²) in [5, 5.41) is 12.5. The molecule has 4 N–H and O–H groups in total. The van der Waals surface area contributed by atoms with Crippen molar-refractivity contribution < 1.29 is 23.8 Å². The lowest BCUT2D eigenvalue weighted by molar-refractivity contribution is -0.0908. The van der Waals surface area contributed by atoms with E-state index in [2.05, 4.69) is 26.2 Å². The van der Waals surface area contributed by atoms with E-state index >= 15 is 0 Å². The Kier molecular flexibility index (Phi) is 4.09. The van der Waals surface area contributed by atoms with Crippen LogP contribution in [0.3, 0.4) is 0 Å². The zero-order valence-corrected chi connectivity index (χ0v) is 14.1. The number of amides is 1. The van der Waals surface area contributed by atoms with Gasteiger partial charge in [0.25, 0.3) is 0 Å². The number of ether oxygens (including phenoxy) is 2. The van der Waals surface area contributed by atoms with Crippen molar-refractivity contribution in [2.24, 2.45) is 0 Å². The van der Waals surface area contributed by atoms with Gasteiger partial charge in [0.2, 0.25) is 0 Å². The van der Waals surface area contributed by atoms with E-state index in [4.69, 9.17) is 21.6 Å². The number of aromatic nitrogens is 4. The lowest BCUT2D eigenvalue weighted by Crippen LogP contribution is -2.45. The zero-order chi connectivity index (χ0) is 19.2. The van der Waals surface area contributed by atoms with Crippen LogP contribution in [0.1, 0.15) is 25.5 Å². The first kappa shape index (κ1) is 17.4. The molecule has 2 fully saturated rings. The number of aliphatic hydroxyl groups excluding tert-OH is 1. The third-order valence-electron chi connectivity index (χ3n) is 4.64. The van der Waals surface area contributed by atoms with Crippen LogP contribution >= 0.6 is 0 Å². The van der Waals surface area contributed by atoms with Crippen LogP contribution in [0.4, 0.5) is 15.0 Å². The molecule has 0 spiro atoms. The van der Waals surface area contributed by atoms with Crippen LogP contribution in [0.25, 0.3) is 11.2 Å². The van der Waals surface area contributed by atoms with Crippen LogP contribution in [-0.4, -0.2) is 55.1 Å². The number of fused-ring (bicyclic) bond motifs is 1. The summed E-state index contributed by atoms with van der Waals surface area (Å²) in [6.45, 7) is -0.570. The Balaban J connectivity index is 1.63. The van der Waals surface area contributed by atoms with Crippen molar-refractivity contribution in [3.8, 4) is 12.3 Å². The number of rotatable bonds is 4. The van der Waals surface area contributed by atoms with Crippen molar-refractivity contribution in [3.05, 3.63) is 12.4 Å². The van der Waals surface area contributed by atoms with Gasteiger partial charge in [0.15, 0.2) is 28.7 Å². The minimum Gasteiger partial charge on any atom is -0.442 e. The molecule has 2 aromatic heterocycles. The molecule has 2 aliphatic rings. The van der Waals surface area contributed by atoms with Crippen molar-refractivity contribution in [2.45, 2.75) is 43.2 Å². The summed E-state index contributed by atoms with van der Waals surface area (Å²) >= 11 is 0. The lowest BCUT2D eigenvalue weighted by atomic mass is 9.99. The number of aliphatic hydroxyl groups is 1. The number of carbonyl (C=O) groups is 1. The second kappa shape index (κ2) is 6.33. The Morgan fingerprint density at radius 3 is 3.04 bits per heavy atom. The molecule has 0 aromatic carbocycles. The fraction of sp³-hybridized carbons (Fsp3) is 0.500. The van der Waals surface area contributed by atoms with Gasteiger partial charge in [-0.3, -0.25) is 4.57 Å². The van der Waals surface area contributed by atoms with Crippen LogP contribution in [0.2, 0.25) is 0 Å². The summed E-state index contributed by atoms with van der Waals surface area (Å²) in [6.07, 6.45) is 5.45. The quantitative estimate of drug-likeness (QED) is 0.504. The molecule has 142 valence electrons. The number of nitrogens with one attached hydrogen (secondary N) is 1. The highest BCUT2D eigenvalue weighted by Crippen LogP contribution is 2.39. The van der Waals surface area contributed by atoms with E-state index in [1.165, 1.54) is 10.9 Å². The minimum absolute atomic E-state index is 0.102. The molecule has 1 aliphatic carbocycles. The lowest BCUT2D eigenvalue weighted by Gasteiger charge is -2.26. The normalized spacial score (nSPS) is 27.4. The summed E-state index contributed by atoms with van der Waals surface area (Å²) in [6, 6.07) is 0.102. The maximum Gasteiger partial charge on any atom is 0.407 e. The molecule has 1 amide bonds. The number of terminal acetylenes is 1. The average molecular weight is 376 g/mol. The van der Waals surface area contributed by atoms with Crippen molar-refractivity contribution in [1.29, 1.82) is 0 Å². The second-order valence-electron chi connectivity index (χ2n) is 6.51. The molecule has 3 heterocycles. The number of imidazole rings is 1.